The molecule has 0 aromatic carbocycles. The Kier molecular flexibility index (Phi) is 3.42. The van der Waals surface area contributed by atoms with Gasteiger partial charge in [-0.2, -0.15) is 0 Å². The van der Waals surface area contributed by atoms with Crippen molar-refractivity contribution < 1.29 is 0 Å². The van der Waals surface area contributed by atoms with Gasteiger partial charge in [0.15, 0.2) is 0 Å². The molecule has 0 bridgehead atoms. The van der Waals surface area contributed by atoms with Crippen LogP contribution < -0.4 is 5.32 Å². The van der Waals surface area contributed by atoms with Crippen LogP contribution in [0.15, 0.2) is 31.0 Å². The van der Waals surface area contributed by atoms with Crippen LogP contribution >= 0.6 is 0 Å². The molecule has 2 heterocycles. The molecule has 0 spiro atoms. The highest BCUT2D eigenvalue weighted by Gasteiger charge is 2.20. The first-order chi connectivity index (χ1) is 9.22. The highest BCUT2D eigenvalue weighted by atomic mass is 15.1. The zero-order valence-electron chi connectivity index (χ0n) is 11.7. The van der Waals surface area contributed by atoms with Crippen molar-refractivity contribution in [1.29, 1.82) is 0 Å². The summed E-state index contributed by atoms with van der Waals surface area (Å²) < 4.78 is 4.46. The molecule has 2 aromatic heterocycles. The van der Waals surface area contributed by atoms with Gasteiger partial charge in [0.1, 0.15) is 0 Å². The van der Waals surface area contributed by atoms with E-state index in [9.17, 15) is 0 Å². The molecule has 0 atom stereocenters. The number of rotatable bonds is 6. The summed E-state index contributed by atoms with van der Waals surface area (Å²) >= 11 is 0. The Labute approximate surface area is 114 Å². The quantitative estimate of drug-likeness (QED) is 0.864. The molecule has 19 heavy (non-hydrogen) atoms. The highest BCUT2D eigenvalue weighted by molar-refractivity contribution is 5.12. The summed E-state index contributed by atoms with van der Waals surface area (Å²) in [6.45, 7) is 6.25. The molecule has 1 fully saturated rings. The second kappa shape index (κ2) is 5.21. The number of imidazole rings is 1. The van der Waals surface area contributed by atoms with Gasteiger partial charge in [0, 0.05) is 37.2 Å². The molecule has 0 radical (unpaired) electrons. The van der Waals surface area contributed by atoms with Crippen LogP contribution in [0.1, 0.15) is 44.0 Å². The molecular weight excluding hydrogens is 236 g/mol. The lowest BCUT2D eigenvalue weighted by molar-refractivity contribution is 0.561. The Morgan fingerprint density at radius 1 is 1.42 bits per heavy atom. The van der Waals surface area contributed by atoms with Crippen LogP contribution in [0, 0.1) is 0 Å². The largest absolute Gasteiger partial charge is 0.348 e. The summed E-state index contributed by atoms with van der Waals surface area (Å²) in [5.41, 5.74) is 2.62. The fraction of sp³-hybridized carbons (Fsp3) is 0.533. The van der Waals surface area contributed by atoms with E-state index in [-0.39, 0.29) is 0 Å². The van der Waals surface area contributed by atoms with Crippen LogP contribution in [0.3, 0.4) is 0 Å². The van der Waals surface area contributed by atoms with E-state index < -0.39 is 0 Å². The predicted molar refractivity (Wildman–Crippen MR) is 76.0 cm³/mol. The minimum atomic E-state index is 0.462. The van der Waals surface area contributed by atoms with Gasteiger partial charge in [-0.3, -0.25) is 0 Å². The Bertz CT molecular complexity index is 534. The maximum Gasteiger partial charge on any atom is 0.0951 e. The van der Waals surface area contributed by atoms with Gasteiger partial charge < -0.3 is 14.5 Å². The van der Waals surface area contributed by atoms with Gasteiger partial charge in [0.05, 0.1) is 18.6 Å². The Hall–Kier alpha value is -1.55. The van der Waals surface area contributed by atoms with E-state index in [1.807, 2.05) is 12.5 Å². The van der Waals surface area contributed by atoms with E-state index in [0.29, 0.717) is 6.04 Å². The standard InChI is InChI=1S/C15H22N4/c1-12(2)19-11-16-8-15(19)10-18-6-5-13(9-18)7-17-14-3-4-14/h5-6,8-9,11-12,14,17H,3-4,7,10H2,1-2H3. The molecule has 3 rings (SSSR count). The van der Waals surface area contributed by atoms with Gasteiger partial charge in [-0.25, -0.2) is 4.98 Å². The third kappa shape index (κ3) is 3.07. The molecule has 0 aliphatic heterocycles. The van der Waals surface area contributed by atoms with Crippen molar-refractivity contribution in [3.05, 3.63) is 42.2 Å². The van der Waals surface area contributed by atoms with Crippen LogP contribution in [0.2, 0.25) is 0 Å². The fourth-order valence-electron chi connectivity index (χ4n) is 2.35. The lowest BCUT2D eigenvalue weighted by Gasteiger charge is -2.12. The first-order valence-corrected chi connectivity index (χ1v) is 7.11. The number of hydrogen-bond donors (Lipinski definition) is 1. The second-order valence-corrected chi connectivity index (χ2v) is 5.73. The lowest BCUT2D eigenvalue weighted by Crippen LogP contribution is -2.14. The summed E-state index contributed by atoms with van der Waals surface area (Å²) in [6, 6.07) is 3.43. The van der Waals surface area contributed by atoms with Crippen molar-refractivity contribution in [3.63, 3.8) is 0 Å². The average Bonchev–Trinajstić information content (AvgIpc) is 2.91. The van der Waals surface area contributed by atoms with Gasteiger partial charge in [-0.05, 0) is 38.3 Å². The van der Waals surface area contributed by atoms with Crippen molar-refractivity contribution in [1.82, 2.24) is 19.4 Å². The normalized spacial score (nSPS) is 15.3. The van der Waals surface area contributed by atoms with Crippen molar-refractivity contribution in [2.75, 3.05) is 0 Å². The molecule has 0 saturated heterocycles. The maximum absolute atomic E-state index is 4.25. The first kappa shape index (κ1) is 12.5. The Balaban J connectivity index is 1.63. The molecule has 1 aliphatic rings. The van der Waals surface area contributed by atoms with Gasteiger partial charge in [-0.15, -0.1) is 0 Å². The summed E-state index contributed by atoms with van der Waals surface area (Å²) in [5, 5.41) is 3.54. The third-order valence-electron chi connectivity index (χ3n) is 3.63. The SMILES string of the molecule is CC(C)n1cncc1Cn1ccc(CNC2CC2)c1. The molecule has 4 nitrogen and oxygen atoms in total. The molecule has 4 heteroatoms. The molecule has 1 N–H and O–H groups in total. The number of hydrogen-bond acceptors (Lipinski definition) is 2. The number of nitrogens with zero attached hydrogens (tertiary/aromatic N) is 3. The maximum atomic E-state index is 4.25. The van der Waals surface area contributed by atoms with Gasteiger partial charge in [-0.1, -0.05) is 0 Å². The smallest absolute Gasteiger partial charge is 0.0951 e. The molecule has 0 unspecified atom stereocenters. The monoisotopic (exact) mass is 258 g/mol. The van der Waals surface area contributed by atoms with E-state index in [4.69, 9.17) is 0 Å². The van der Waals surface area contributed by atoms with Crippen molar-refractivity contribution in [3.8, 4) is 0 Å². The minimum Gasteiger partial charge on any atom is -0.348 e. The topological polar surface area (TPSA) is 34.8 Å². The second-order valence-electron chi connectivity index (χ2n) is 5.73. The van der Waals surface area contributed by atoms with Gasteiger partial charge in [0.25, 0.3) is 0 Å². The van der Waals surface area contributed by atoms with Crippen LogP contribution in [0.4, 0.5) is 0 Å². The van der Waals surface area contributed by atoms with Crippen molar-refractivity contribution >= 4 is 0 Å². The predicted octanol–water partition coefficient (Wildman–Crippen LogP) is 2.57. The highest BCUT2D eigenvalue weighted by Crippen LogP contribution is 2.19. The molecule has 1 saturated carbocycles. The van der Waals surface area contributed by atoms with Crippen molar-refractivity contribution in [2.45, 2.75) is 51.9 Å². The van der Waals surface area contributed by atoms with Gasteiger partial charge >= 0.3 is 0 Å². The summed E-state index contributed by atoms with van der Waals surface area (Å²) in [4.78, 5) is 4.25. The molecule has 0 amide bonds. The Morgan fingerprint density at radius 2 is 2.26 bits per heavy atom. The zero-order valence-corrected chi connectivity index (χ0v) is 11.7. The van der Waals surface area contributed by atoms with E-state index in [1.54, 1.807) is 0 Å². The summed E-state index contributed by atoms with van der Waals surface area (Å²) in [5.74, 6) is 0. The van der Waals surface area contributed by atoms with E-state index in [2.05, 4.69) is 51.7 Å². The third-order valence-corrected chi connectivity index (χ3v) is 3.63. The minimum absolute atomic E-state index is 0.462. The lowest BCUT2D eigenvalue weighted by atomic mass is 10.3. The fourth-order valence-corrected chi connectivity index (χ4v) is 2.35. The van der Waals surface area contributed by atoms with Crippen LogP contribution in [-0.2, 0) is 13.1 Å². The number of nitrogens with one attached hydrogen (secondary N) is 1. The molecule has 2 aromatic rings. The Morgan fingerprint density at radius 3 is 3.00 bits per heavy atom. The molecular formula is C15H22N4. The summed E-state index contributed by atoms with van der Waals surface area (Å²) in [6.07, 6.45) is 10.9. The first-order valence-electron chi connectivity index (χ1n) is 7.11. The van der Waals surface area contributed by atoms with E-state index in [0.717, 1.165) is 19.1 Å². The van der Waals surface area contributed by atoms with Crippen molar-refractivity contribution in [2.24, 2.45) is 0 Å². The van der Waals surface area contributed by atoms with Crippen LogP contribution in [0.25, 0.3) is 0 Å². The van der Waals surface area contributed by atoms with E-state index in [1.165, 1.54) is 24.1 Å². The van der Waals surface area contributed by atoms with E-state index >= 15 is 0 Å². The average molecular weight is 258 g/mol. The van der Waals surface area contributed by atoms with Crippen LogP contribution in [-0.4, -0.2) is 20.2 Å². The molecule has 1 aliphatic carbocycles. The van der Waals surface area contributed by atoms with Crippen LogP contribution in [0.5, 0.6) is 0 Å². The number of aromatic nitrogens is 3. The summed E-state index contributed by atoms with van der Waals surface area (Å²) in [7, 11) is 0. The van der Waals surface area contributed by atoms with Gasteiger partial charge in [0.2, 0.25) is 0 Å². The molecule has 102 valence electrons. The zero-order chi connectivity index (χ0) is 13.2.